The number of nitrogens with zero attached hydrogens (tertiary/aromatic N) is 3. The highest BCUT2D eigenvalue weighted by molar-refractivity contribution is 5.54. The molecule has 116 valence electrons. The van der Waals surface area contributed by atoms with Crippen LogP contribution in [0.2, 0.25) is 0 Å². The van der Waals surface area contributed by atoms with Gasteiger partial charge in [-0.3, -0.25) is 9.36 Å². The molecular formula is C19H19N3O. The van der Waals surface area contributed by atoms with Crippen LogP contribution in [0, 0.1) is 0 Å². The number of aromatic nitrogens is 3. The molecule has 4 heteroatoms. The second-order valence-corrected chi connectivity index (χ2v) is 6.50. The third-order valence-corrected chi connectivity index (χ3v) is 3.75. The minimum Gasteiger partial charge on any atom is -0.284 e. The largest absolute Gasteiger partial charge is 0.284 e. The van der Waals surface area contributed by atoms with E-state index >= 15 is 0 Å². The van der Waals surface area contributed by atoms with E-state index in [2.05, 4.69) is 42.9 Å². The van der Waals surface area contributed by atoms with Crippen molar-refractivity contribution in [2.45, 2.75) is 26.2 Å². The lowest BCUT2D eigenvalue weighted by Crippen LogP contribution is -2.17. The SMILES string of the molecule is CC(C)(C)c1ccc(-n2cc(-c3ncccn3)ccc2=O)cc1. The van der Waals surface area contributed by atoms with Gasteiger partial charge in [0.2, 0.25) is 0 Å². The third kappa shape index (κ3) is 3.21. The summed E-state index contributed by atoms with van der Waals surface area (Å²) in [7, 11) is 0. The highest BCUT2D eigenvalue weighted by Gasteiger charge is 2.13. The summed E-state index contributed by atoms with van der Waals surface area (Å²) in [6.45, 7) is 6.50. The van der Waals surface area contributed by atoms with E-state index in [1.165, 1.54) is 5.56 Å². The molecular weight excluding hydrogens is 286 g/mol. The van der Waals surface area contributed by atoms with Crippen molar-refractivity contribution in [3.05, 3.63) is 77.0 Å². The number of hydrogen-bond donors (Lipinski definition) is 0. The van der Waals surface area contributed by atoms with Gasteiger partial charge in [-0.25, -0.2) is 9.97 Å². The van der Waals surface area contributed by atoms with Crippen LogP contribution in [-0.4, -0.2) is 14.5 Å². The molecule has 2 heterocycles. The minimum absolute atomic E-state index is 0.0758. The van der Waals surface area contributed by atoms with E-state index in [-0.39, 0.29) is 11.0 Å². The van der Waals surface area contributed by atoms with Gasteiger partial charge in [0.25, 0.3) is 5.56 Å². The van der Waals surface area contributed by atoms with Gasteiger partial charge >= 0.3 is 0 Å². The van der Waals surface area contributed by atoms with Crippen molar-refractivity contribution in [1.82, 2.24) is 14.5 Å². The number of benzene rings is 1. The molecule has 0 saturated carbocycles. The van der Waals surface area contributed by atoms with Crippen LogP contribution in [0.3, 0.4) is 0 Å². The maximum atomic E-state index is 12.2. The smallest absolute Gasteiger partial charge is 0.255 e. The van der Waals surface area contributed by atoms with Crippen molar-refractivity contribution < 1.29 is 0 Å². The van der Waals surface area contributed by atoms with Crippen molar-refractivity contribution in [2.75, 3.05) is 0 Å². The monoisotopic (exact) mass is 305 g/mol. The second kappa shape index (κ2) is 5.80. The molecule has 23 heavy (non-hydrogen) atoms. The molecule has 1 aromatic carbocycles. The first-order valence-corrected chi connectivity index (χ1v) is 7.56. The molecule has 0 aliphatic heterocycles. The Morgan fingerprint density at radius 1 is 0.913 bits per heavy atom. The Hall–Kier alpha value is -2.75. The van der Waals surface area contributed by atoms with Crippen molar-refractivity contribution in [3.63, 3.8) is 0 Å². The molecule has 2 aromatic heterocycles. The summed E-state index contributed by atoms with van der Waals surface area (Å²) in [5.41, 5.74) is 2.89. The second-order valence-electron chi connectivity index (χ2n) is 6.50. The summed E-state index contributed by atoms with van der Waals surface area (Å²) >= 11 is 0. The van der Waals surface area contributed by atoms with E-state index in [9.17, 15) is 4.79 Å². The highest BCUT2D eigenvalue weighted by atomic mass is 16.1. The summed E-state index contributed by atoms with van der Waals surface area (Å²) in [5, 5.41) is 0. The van der Waals surface area contributed by atoms with Gasteiger partial charge in [-0.1, -0.05) is 32.9 Å². The van der Waals surface area contributed by atoms with Crippen LogP contribution in [0.15, 0.2) is 65.8 Å². The van der Waals surface area contributed by atoms with Crippen LogP contribution in [0.5, 0.6) is 0 Å². The van der Waals surface area contributed by atoms with E-state index in [1.54, 1.807) is 41.4 Å². The van der Waals surface area contributed by atoms with Crippen LogP contribution in [0.25, 0.3) is 17.1 Å². The molecule has 0 radical (unpaired) electrons. The molecule has 0 saturated heterocycles. The summed E-state index contributed by atoms with van der Waals surface area (Å²) in [6, 6.07) is 13.1. The van der Waals surface area contributed by atoms with Crippen molar-refractivity contribution >= 4 is 0 Å². The molecule has 4 nitrogen and oxygen atoms in total. The van der Waals surface area contributed by atoms with Gasteiger partial charge < -0.3 is 0 Å². The lowest BCUT2D eigenvalue weighted by Gasteiger charge is -2.19. The maximum Gasteiger partial charge on any atom is 0.255 e. The average molecular weight is 305 g/mol. The van der Waals surface area contributed by atoms with Gasteiger partial charge in [0.15, 0.2) is 5.82 Å². The zero-order valence-corrected chi connectivity index (χ0v) is 13.5. The van der Waals surface area contributed by atoms with Gasteiger partial charge in [-0.15, -0.1) is 0 Å². The Morgan fingerprint density at radius 2 is 1.57 bits per heavy atom. The van der Waals surface area contributed by atoms with Gasteiger partial charge in [0.1, 0.15) is 0 Å². The van der Waals surface area contributed by atoms with Crippen LogP contribution >= 0.6 is 0 Å². The van der Waals surface area contributed by atoms with E-state index in [1.807, 2.05) is 12.1 Å². The van der Waals surface area contributed by atoms with Crippen LogP contribution in [-0.2, 0) is 5.41 Å². The average Bonchev–Trinajstić information content (AvgIpc) is 2.55. The maximum absolute atomic E-state index is 12.2. The van der Waals surface area contributed by atoms with E-state index < -0.39 is 0 Å². The Labute approximate surface area is 135 Å². The first-order valence-electron chi connectivity index (χ1n) is 7.56. The molecule has 0 aliphatic carbocycles. The summed E-state index contributed by atoms with van der Waals surface area (Å²) in [6.07, 6.45) is 5.16. The number of pyridine rings is 1. The lowest BCUT2D eigenvalue weighted by atomic mass is 9.87. The number of rotatable bonds is 2. The molecule has 0 N–H and O–H groups in total. The molecule has 0 spiro atoms. The predicted molar refractivity (Wildman–Crippen MR) is 91.8 cm³/mol. The standard InChI is InChI=1S/C19H19N3O/c1-19(2,3)15-6-8-16(9-7-15)22-13-14(5-10-17(22)23)18-20-11-4-12-21-18/h4-13H,1-3H3. The molecule has 0 unspecified atom stereocenters. The summed E-state index contributed by atoms with van der Waals surface area (Å²) in [4.78, 5) is 20.7. The fourth-order valence-electron chi connectivity index (χ4n) is 2.39. The van der Waals surface area contributed by atoms with Crippen LogP contribution in [0.1, 0.15) is 26.3 Å². The van der Waals surface area contributed by atoms with Crippen molar-refractivity contribution in [1.29, 1.82) is 0 Å². The fourth-order valence-corrected chi connectivity index (χ4v) is 2.39. The Balaban J connectivity index is 2.05. The molecule has 0 fully saturated rings. The van der Waals surface area contributed by atoms with E-state index in [4.69, 9.17) is 0 Å². The molecule has 0 aliphatic rings. The summed E-state index contributed by atoms with van der Waals surface area (Å²) in [5.74, 6) is 0.604. The number of hydrogen-bond acceptors (Lipinski definition) is 3. The highest BCUT2D eigenvalue weighted by Crippen LogP contribution is 2.23. The molecule has 0 atom stereocenters. The van der Waals surface area contributed by atoms with Crippen molar-refractivity contribution in [3.8, 4) is 17.1 Å². The Bertz CT molecular complexity index is 860. The molecule has 3 aromatic rings. The quantitative estimate of drug-likeness (QED) is 0.727. The first-order chi connectivity index (χ1) is 10.9. The topological polar surface area (TPSA) is 47.8 Å². The van der Waals surface area contributed by atoms with Gasteiger partial charge in [-0.05, 0) is 35.2 Å². The Kier molecular flexibility index (Phi) is 3.82. The van der Waals surface area contributed by atoms with Crippen LogP contribution < -0.4 is 5.56 Å². The fraction of sp³-hybridized carbons (Fsp3) is 0.211. The van der Waals surface area contributed by atoms with Gasteiger partial charge in [0, 0.05) is 35.9 Å². The van der Waals surface area contributed by atoms with E-state index in [0.29, 0.717) is 5.82 Å². The summed E-state index contributed by atoms with van der Waals surface area (Å²) < 4.78 is 1.62. The molecule has 0 amide bonds. The van der Waals surface area contributed by atoms with E-state index in [0.717, 1.165) is 11.3 Å². The molecule has 0 bridgehead atoms. The minimum atomic E-state index is -0.0758. The zero-order valence-electron chi connectivity index (χ0n) is 13.5. The predicted octanol–water partition coefficient (Wildman–Crippen LogP) is 3.59. The van der Waals surface area contributed by atoms with Crippen LogP contribution in [0.4, 0.5) is 0 Å². The van der Waals surface area contributed by atoms with Crippen molar-refractivity contribution in [2.24, 2.45) is 0 Å². The van der Waals surface area contributed by atoms with Gasteiger partial charge in [0.05, 0.1) is 0 Å². The molecule has 3 rings (SSSR count). The lowest BCUT2D eigenvalue weighted by molar-refractivity contribution is 0.590. The Morgan fingerprint density at radius 3 is 2.17 bits per heavy atom. The normalized spacial score (nSPS) is 11.4. The van der Waals surface area contributed by atoms with Gasteiger partial charge in [-0.2, -0.15) is 0 Å². The first kappa shape index (κ1) is 15.2. The zero-order chi connectivity index (χ0) is 16.4. The third-order valence-electron chi connectivity index (χ3n) is 3.75.